The van der Waals surface area contributed by atoms with Crippen molar-refractivity contribution in [1.82, 2.24) is 15.0 Å². The average molecular weight is 694 g/mol. The van der Waals surface area contributed by atoms with Gasteiger partial charge < -0.3 is 0 Å². The molecule has 0 amide bonds. The van der Waals surface area contributed by atoms with E-state index < -0.39 is 8.07 Å². The fraction of sp³-hybridized carbons (Fsp3) is 0.0408. The molecule has 0 fully saturated rings. The van der Waals surface area contributed by atoms with E-state index in [1.165, 1.54) is 48.6 Å². The van der Waals surface area contributed by atoms with Gasteiger partial charge in [0.25, 0.3) is 0 Å². The number of rotatable bonds is 5. The number of benzene rings is 8. The summed E-state index contributed by atoms with van der Waals surface area (Å²) in [4.78, 5) is 15.8. The van der Waals surface area contributed by atoms with Crippen LogP contribution in [-0.2, 0) is 0 Å². The van der Waals surface area contributed by atoms with Gasteiger partial charge in [0.1, 0.15) is 8.07 Å². The van der Waals surface area contributed by atoms with Crippen LogP contribution >= 0.6 is 0 Å². The van der Waals surface area contributed by atoms with Crippen LogP contribution in [0.1, 0.15) is 0 Å². The Bertz CT molecular complexity index is 2850. The third-order valence-corrected chi connectivity index (χ3v) is 14.5. The molecule has 0 bridgehead atoms. The minimum absolute atomic E-state index is 0.657. The molecule has 10 rings (SSSR count). The molecule has 0 unspecified atom stereocenters. The molecule has 0 saturated heterocycles. The van der Waals surface area contributed by atoms with Crippen LogP contribution in [0.3, 0.4) is 0 Å². The second kappa shape index (κ2) is 12.3. The largest absolute Gasteiger partial charge is 0.208 e. The summed E-state index contributed by atoms with van der Waals surface area (Å²) in [6, 6.07) is 62.8. The van der Waals surface area contributed by atoms with Crippen molar-refractivity contribution in [2.75, 3.05) is 0 Å². The Balaban J connectivity index is 1.18. The highest BCUT2D eigenvalue weighted by molar-refractivity contribution is 7.04. The molecule has 0 aliphatic carbocycles. The molecular weight excluding hydrogens is 659 g/mol. The monoisotopic (exact) mass is 693 g/mol. The van der Waals surface area contributed by atoms with E-state index in [4.69, 9.17) is 15.0 Å². The maximum Gasteiger partial charge on any atom is 0.164 e. The predicted octanol–water partition coefficient (Wildman–Crippen LogP) is 11.3. The number of hydrogen-bond acceptors (Lipinski definition) is 3. The first-order chi connectivity index (χ1) is 26.0. The third-order valence-electron chi connectivity index (χ3n) is 10.9. The Morgan fingerprint density at radius 2 is 0.887 bits per heavy atom. The highest BCUT2D eigenvalue weighted by Gasteiger charge is 2.40. The molecule has 0 spiro atoms. The zero-order chi connectivity index (χ0) is 35.5. The Labute approximate surface area is 310 Å². The van der Waals surface area contributed by atoms with Crippen LogP contribution in [0.15, 0.2) is 176 Å². The summed E-state index contributed by atoms with van der Waals surface area (Å²) in [7, 11) is -1.99. The van der Waals surface area contributed by atoms with Crippen LogP contribution < -0.4 is 10.4 Å². The van der Waals surface area contributed by atoms with Gasteiger partial charge in [-0.1, -0.05) is 183 Å². The summed E-state index contributed by atoms with van der Waals surface area (Å²) >= 11 is 0. The van der Waals surface area contributed by atoms with Crippen molar-refractivity contribution in [3.8, 4) is 67.5 Å². The first-order valence-electron chi connectivity index (χ1n) is 18.2. The van der Waals surface area contributed by atoms with Crippen molar-refractivity contribution in [2.24, 2.45) is 0 Å². The Kier molecular flexibility index (Phi) is 7.27. The highest BCUT2D eigenvalue weighted by Crippen LogP contribution is 2.40. The summed E-state index contributed by atoms with van der Waals surface area (Å²) in [6.45, 7) is 4.93. The lowest BCUT2D eigenvalue weighted by Gasteiger charge is -2.19. The lowest BCUT2D eigenvalue weighted by atomic mass is 9.94. The SMILES string of the molecule is C[Si]1(C)c2cccc(-c3nc(-c4ccc(-c5cccc6ccccc56)cc4)nc(-c4cccc(-c5ccccc5)c4)n3)c2-c2c1ccc1ccccc21. The molecule has 1 aliphatic rings. The van der Waals surface area contributed by atoms with Crippen LogP contribution in [0.25, 0.3) is 89.1 Å². The van der Waals surface area contributed by atoms with Crippen LogP contribution in [0, 0.1) is 0 Å². The first kappa shape index (κ1) is 31.3. The highest BCUT2D eigenvalue weighted by atomic mass is 28.3. The molecule has 53 heavy (non-hydrogen) atoms. The molecular formula is C49H35N3Si. The van der Waals surface area contributed by atoms with Gasteiger partial charge in [-0.3, -0.25) is 0 Å². The van der Waals surface area contributed by atoms with Gasteiger partial charge in [-0.15, -0.1) is 0 Å². The minimum Gasteiger partial charge on any atom is -0.208 e. The fourth-order valence-electron chi connectivity index (χ4n) is 8.23. The second-order valence-corrected chi connectivity index (χ2v) is 18.7. The lowest BCUT2D eigenvalue weighted by molar-refractivity contribution is 1.07. The smallest absolute Gasteiger partial charge is 0.164 e. The molecule has 250 valence electrons. The van der Waals surface area contributed by atoms with Crippen LogP contribution in [0.2, 0.25) is 13.1 Å². The van der Waals surface area contributed by atoms with E-state index in [0.717, 1.165) is 33.4 Å². The van der Waals surface area contributed by atoms with Gasteiger partial charge in [0.05, 0.1) is 0 Å². The summed E-state index contributed by atoms with van der Waals surface area (Å²) < 4.78 is 0. The summed E-state index contributed by atoms with van der Waals surface area (Å²) in [6.07, 6.45) is 0. The molecule has 0 atom stereocenters. The van der Waals surface area contributed by atoms with Crippen molar-refractivity contribution in [1.29, 1.82) is 0 Å². The van der Waals surface area contributed by atoms with E-state index in [2.05, 4.69) is 183 Å². The van der Waals surface area contributed by atoms with Gasteiger partial charge >= 0.3 is 0 Å². The van der Waals surface area contributed by atoms with Crippen LogP contribution in [-0.4, -0.2) is 23.0 Å². The molecule has 4 heteroatoms. The van der Waals surface area contributed by atoms with Crippen LogP contribution in [0.4, 0.5) is 0 Å². The van der Waals surface area contributed by atoms with E-state index in [1.54, 1.807) is 0 Å². The maximum absolute atomic E-state index is 5.30. The van der Waals surface area contributed by atoms with E-state index in [9.17, 15) is 0 Å². The summed E-state index contributed by atoms with van der Waals surface area (Å²) in [5.74, 6) is 2.01. The summed E-state index contributed by atoms with van der Waals surface area (Å²) in [5, 5.41) is 7.89. The van der Waals surface area contributed by atoms with Gasteiger partial charge in [0.15, 0.2) is 17.5 Å². The molecule has 1 aliphatic heterocycles. The van der Waals surface area contributed by atoms with E-state index in [0.29, 0.717) is 17.5 Å². The van der Waals surface area contributed by atoms with E-state index >= 15 is 0 Å². The average Bonchev–Trinajstić information content (AvgIpc) is 3.47. The molecule has 0 N–H and O–H groups in total. The van der Waals surface area contributed by atoms with Crippen LogP contribution in [0.5, 0.6) is 0 Å². The van der Waals surface area contributed by atoms with Gasteiger partial charge in [-0.05, 0) is 71.4 Å². The Morgan fingerprint density at radius 3 is 1.70 bits per heavy atom. The maximum atomic E-state index is 5.30. The third kappa shape index (κ3) is 5.22. The number of nitrogens with zero attached hydrogens (tertiary/aromatic N) is 3. The molecule has 0 radical (unpaired) electrons. The van der Waals surface area contributed by atoms with Crippen molar-refractivity contribution < 1.29 is 0 Å². The molecule has 2 heterocycles. The molecule has 1 aromatic heterocycles. The van der Waals surface area contributed by atoms with Gasteiger partial charge in [0.2, 0.25) is 0 Å². The van der Waals surface area contributed by atoms with Crippen molar-refractivity contribution in [3.63, 3.8) is 0 Å². The van der Waals surface area contributed by atoms with Crippen molar-refractivity contribution in [3.05, 3.63) is 176 Å². The van der Waals surface area contributed by atoms with Gasteiger partial charge in [-0.25, -0.2) is 15.0 Å². The summed E-state index contributed by atoms with van der Waals surface area (Å²) in [5.41, 5.74) is 10.2. The lowest BCUT2D eigenvalue weighted by Crippen LogP contribution is -2.49. The minimum atomic E-state index is -1.99. The normalized spacial score (nSPS) is 12.9. The number of fused-ring (bicyclic) bond motifs is 6. The molecule has 0 saturated carbocycles. The van der Waals surface area contributed by atoms with Gasteiger partial charge in [-0.2, -0.15) is 0 Å². The first-order valence-corrected chi connectivity index (χ1v) is 21.2. The van der Waals surface area contributed by atoms with Gasteiger partial charge in [0, 0.05) is 16.7 Å². The number of aromatic nitrogens is 3. The van der Waals surface area contributed by atoms with Crippen molar-refractivity contribution >= 4 is 40.0 Å². The Hall–Kier alpha value is -6.49. The second-order valence-electron chi connectivity index (χ2n) is 14.4. The molecule has 8 aromatic carbocycles. The van der Waals surface area contributed by atoms with E-state index in [1.807, 2.05) is 6.07 Å². The quantitative estimate of drug-likeness (QED) is 0.168. The molecule has 9 aromatic rings. The Morgan fingerprint density at radius 1 is 0.340 bits per heavy atom. The van der Waals surface area contributed by atoms with Crippen molar-refractivity contribution in [2.45, 2.75) is 13.1 Å². The zero-order valence-electron chi connectivity index (χ0n) is 29.6. The zero-order valence-corrected chi connectivity index (χ0v) is 30.6. The number of hydrogen-bond donors (Lipinski definition) is 0. The standard InChI is InChI=1S/C49H35N3Si/c1-53(2)43-24-12-23-42(46(43)45-41-21-9-7-16-34(41)29-30-44(45)53)49-51-47(50-48(52-49)38-19-10-18-37(31-38)32-13-4-3-5-14-32)36-27-25-35(26-28-36)40-22-11-17-33-15-6-8-20-39(33)40/h3-31H,1-2H3. The topological polar surface area (TPSA) is 38.7 Å². The van der Waals surface area contributed by atoms with E-state index in [-0.39, 0.29) is 0 Å². The molecule has 3 nitrogen and oxygen atoms in total. The fourth-order valence-corrected chi connectivity index (χ4v) is 11.3. The predicted molar refractivity (Wildman–Crippen MR) is 224 cm³/mol.